The highest BCUT2D eigenvalue weighted by atomic mass is 16.1. The van der Waals surface area contributed by atoms with Gasteiger partial charge in [-0.2, -0.15) is 0 Å². The number of allylic oxidation sites excluding steroid dienone is 5. The first-order valence-electron chi connectivity index (χ1n) is 6.79. The van der Waals surface area contributed by atoms with Crippen molar-refractivity contribution in [2.24, 2.45) is 29.6 Å². The minimum atomic E-state index is 0.204. The van der Waals surface area contributed by atoms with Crippen molar-refractivity contribution < 1.29 is 4.79 Å². The molecular formula is C16H20O. The maximum Gasteiger partial charge on any atom is 0.140 e. The molecule has 0 aromatic carbocycles. The Bertz CT molecular complexity index is 390. The second-order valence-corrected chi connectivity index (χ2v) is 5.74. The Morgan fingerprint density at radius 1 is 1.12 bits per heavy atom. The fraction of sp³-hybridized carbons (Fsp3) is 0.562. The monoisotopic (exact) mass is 228 g/mol. The first-order valence-corrected chi connectivity index (χ1v) is 6.79. The minimum absolute atomic E-state index is 0.204. The fourth-order valence-corrected chi connectivity index (χ4v) is 3.81. The molecular weight excluding hydrogens is 208 g/mol. The second kappa shape index (κ2) is 4.29. The lowest BCUT2D eigenvalue weighted by molar-refractivity contribution is -0.128. The predicted molar refractivity (Wildman–Crippen MR) is 69.4 cm³/mol. The maximum atomic E-state index is 12.6. The highest BCUT2D eigenvalue weighted by molar-refractivity contribution is 5.85. The molecule has 2 bridgehead atoms. The SMILES string of the molecule is C=C[C@@H]1CC=CC[C@@H]1C(=O)[C@@H]1C[C@@H]2C=C[C@H]1C2. The van der Waals surface area contributed by atoms with Gasteiger partial charge in [-0.3, -0.25) is 4.79 Å². The van der Waals surface area contributed by atoms with E-state index < -0.39 is 0 Å². The Kier molecular flexibility index (Phi) is 2.78. The zero-order valence-electron chi connectivity index (χ0n) is 10.2. The summed E-state index contributed by atoms with van der Waals surface area (Å²) in [6, 6.07) is 0. The van der Waals surface area contributed by atoms with Crippen molar-refractivity contribution in [3.05, 3.63) is 37.0 Å². The minimum Gasteiger partial charge on any atom is -0.299 e. The first-order chi connectivity index (χ1) is 8.29. The summed E-state index contributed by atoms with van der Waals surface area (Å²) in [5.74, 6) is 2.63. The number of fused-ring (bicyclic) bond motifs is 2. The molecule has 0 amide bonds. The predicted octanol–water partition coefficient (Wildman–Crippen LogP) is 3.54. The van der Waals surface area contributed by atoms with Crippen molar-refractivity contribution in [3.63, 3.8) is 0 Å². The second-order valence-electron chi connectivity index (χ2n) is 5.74. The molecule has 1 saturated carbocycles. The van der Waals surface area contributed by atoms with Crippen LogP contribution in [0, 0.1) is 29.6 Å². The molecule has 1 heteroatoms. The lowest BCUT2D eigenvalue weighted by atomic mass is 9.74. The van der Waals surface area contributed by atoms with Crippen LogP contribution in [0.1, 0.15) is 25.7 Å². The molecule has 0 aromatic rings. The van der Waals surface area contributed by atoms with Crippen LogP contribution in [0.15, 0.2) is 37.0 Å². The molecule has 0 heterocycles. The molecule has 90 valence electrons. The highest BCUT2D eigenvalue weighted by Gasteiger charge is 2.42. The van der Waals surface area contributed by atoms with Crippen molar-refractivity contribution in [2.75, 3.05) is 0 Å². The Balaban J connectivity index is 1.75. The Morgan fingerprint density at radius 2 is 1.94 bits per heavy atom. The standard InChI is InChI=1S/C16H20O/c1-2-12-5-3-4-6-14(12)16(17)15-10-11-7-8-13(15)9-11/h2-4,7-8,11-15H,1,5-6,9-10H2/t11-,12-,13+,14+,15-/m1/s1. The molecule has 3 aliphatic rings. The van der Waals surface area contributed by atoms with Gasteiger partial charge in [0.05, 0.1) is 0 Å². The molecule has 0 aromatic heterocycles. The van der Waals surface area contributed by atoms with E-state index in [9.17, 15) is 4.79 Å². The van der Waals surface area contributed by atoms with Gasteiger partial charge in [-0.25, -0.2) is 0 Å². The summed E-state index contributed by atoms with van der Waals surface area (Å²) in [5, 5.41) is 0. The van der Waals surface area contributed by atoms with Crippen LogP contribution in [0.25, 0.3) is 0 Å². The van der Waals surface area contributed by atoms with Gasteiger partial charge in [-0.15, -0.1) is 6.58 Å². The number of hydrogen-bond donors (Lipinski definition) is 0. The third-order valence-electron chi connectivity index (χ3n) is 4.79. The van der Waals surface area contributed by atoms with Crippen LogP contribution in [0.4, 0.5) is 0 Å². The smallest absolute Gasteiger partial charge is 0.140 e. The van der Waals surface area contributed by atoms with Gasteiger partial charge in [0.2, 0.25) is 0 Å². The van der Waals surface area contributed by atoms with Gasteiger partial charge >= 0.3 is 0 Å². The quantitative estimate of drug-likeness (QED) is 0.675. The molecule has 0 radical (unpaired) electrons. The largest absolute Gasteiger partial charge is 0.299 e. The molecule has 0 N–H and O–H groups in total. The first kappa shape index (κ1) is 11.0. The van der Waals surface area contributed by atoms with Crippen LogP contribution in [0.3, 0.4) is 0 Å². The molecule has 0 unspecified atom stereocenters. The summed E-state index contributed by atoms with van der Waals surface area (Å²) in [5.41, 5.74) is 0. The van der Waals surface area contributed by atoms with Gasteiger partial charge in [0, 0.05) is 11.8 Å². The third kappa shape index (κ3) is 1.82. The lowest BCUT2D eigenvalue weighted by Gasteiger charge is -2.29. The average Bonchev–Trinajstić information content (AvgIpc) is 3.00. The van der Waals surface area contributed by atoms with Crippen molar-refractivity contribution in [1.82, 2.24) is 0 Å². The average molecular weight is 228 g/mol. The van der Waals surface area contributed by atoms with Gasteiger partial charge in [-0.1, -0.05) is 30.4 Å². The number of Topliss-reactive ketones (excluding diaryl/α,β-unsaturated/α-hetero) is 1. The van der Waals surface area contributed by atoms with Gasteiger partial charge in [0.15, 0.2) is 0 Å². The van der Waals surface area contributed by atoms with Crippen LogP contribution in [-0.4, -0.2) is 5.78 Å². The van der Waals surface area contributed by atoms with E-state index in [1.54, 1.807) is 0 Å². The van der Waals surface area contributed by atoms with E-state index in [1.807, 2.05) is 6.08 Å². The lowest BCUT2D eigenvalue weighted by Crippen LogP contribution is -2.31. The van der Waals surface area contributed by atoms with Crippen LogP contribution >= 0.6 is 0 Å². The summed E-state index contributed by atoms with van der Waals surface area (Å²) in [6.45, 7) is 3.89. The maximum absolute atomic E-state index is 12.6. The molecule has 1 fully saturated rings. The molecule has 0 aliphatic heterocycles. The zero-order valence-corrected chi connectivity index (χ0v) is 10.2. The number of rotatable bonds is 3. The molecule has 3 aliphatic carbocycles. The zero-order chi connectivity index (χ0) is 11.8. The molecule has 0 spiro atoms. The summed E-state index contributed by atoms with van der Waals surface area (Å²) >= 11 is 0. The van der Waals surface area contributed by atoms with Crippen LogP contribution < -0.4 is 0 Å². The van der Waals surface area contributed by atoms with E-state index in [1.165, 1.54) is 6.42 Å². The molecule has 3 rings (SSSR count). The molecule has 17 heavy (non-hydrogen) atoms. The van der Waals surface area contributed by atoms with Crippen LogP contribution in [0.5, 0.6) is 0 Å². The van der Waals surface area contributed by atoms with Gasteiger partial charge in [-0.05, 0) is 43.4 Å². The molecule has 5 atom stereocenters. The van der Waals surface area contributed by atoms with Crippen molar-refractivity contribution in [1.29, 1.82) is 0 Å². The highest BCUT2D eigenvalue weighted by Crippen LogP contribution is 2.46. The van der Waals surface area contributed by atoms with Crippen LogP contribution in [0.2, 0.25) is 0 Å². The van der Waals surface area contributed by atoms with Gasteiger partial charge < -0.3 is 0 Å². The van der Waals surface area contributed by atoms with E-state index in [0.717, 1.165) is 19.3 Å². The van der Waals surface area contributed by atoms with E-state index in [2.05, 4.69) is 30.9 Å². The van der Waals surface area contributed by atoms with Gasteiger partial charge in [0.25, 0.3) is 0 Å². The van der Waals surface area contributed by atoms with Crippen molar-refractivity contribution >= 4 is 5.78 Å². The number of carbonyl (C=O) groups is 1. The third-order valence-corrected chi connectivity index (χ3v) is 4.79. The fourth-order valence-electron chi connectivity index (χ4n) is 3.81. The Morgan fingerprint density at radius 3 is 2.59 bits per heavy atom. The normalized spacial score (nSPS) is 42.9. The van der Waals surface area contributed by atoms with E-state index in [-0.39, 0.29) is 5.92 Å². The Labute approximate surface area is 103 Å². The number of carbonyl (C=O) groups excluding carboxylic acids is 1. The van der Waals surface area contributed by atoms with E-state index in [0.29, 0.717) is 29.5 Å². The summed E-state index contributed by atoms with van der Waals surface area (Å²) in [4.78, 5) is 12.6. The van der Waals surface area contributed by atoms with E-state index >= 15 is 0 Å². The topological polar surface area (TPSA) is 17.1 Å². The molecule has 1 nitrogen and oxygen atoms in total. The number of hydrogen-bond acceptors (Lipinski definition) is 1. The van der Waals surface area contributed by atoms with Gasteiger partial charge in [0.1, 0.15) is 5.78 Å². The van der Waals surface area contributed by atoms with Crippen molar-refractivity contribution in [2.45, 2.75) is 25.7 Å². The molecule has 0 saturated heterocycles. The van der Waals surface area contributed by atoms with Crippen molar-refractivity contribution in [3.8, 4) is 0 Å². The van der Waals surface area contributed by atoms with E-state index in [4.69, 9.17) is 0 Å². The van der Waals surface area contributed by atoms with Crippen LogP contribution in [-0.2, 0) is 4.79 Å². The summed E-state index contributed by atoms with van der Waals surface area (Å²) in [6.07, 6.45) is 15.2. The summed E-state index contributed by atoms with van der Waals surface area (Å²) < 4.78 is 0. The number of ketones is 1. The Hall–Kier alpha value is -1.11. The summed E-state index contributed by atoms with van der Waals surface area (Å²) in [7, 11) is 0.